The minimum Gasteiger partial charge on any atom is -0.274 e. The van der Waals surface area contributed by atoms with E-state index in [1.54, 1.807) is 0 Å². The van der Waals surface area contributed by atoms with Gasteiger partial charge in [0.25, 0.3) is 0 Å². The zero-order valence-electron chi connectivity index (χ0n) is 14.8. The lowest BCUT2D eigenvalue weighted by atomic mass is 9.67. The van der Waals surface area contributed by atoms with Crippen LogP contribution in [-0.4, -0.2) is 5.16 Å². The number of hydrogen-bond acceptors (Lipinski definition) is 1. The van der Waals surface area contributed by atoms with E-state index in [1.807, 2.05) is 0 Å². The first-order valence-corrected chi connectivity index (χ1v) is 11.0. The summed E-state index contributed by atoms with van der Waals surface area (Å²) in [5.41, 5.74) is 0. The fourth-order valence-corrected chi connectivity index (χ4v) is 6.22. The van der Waals surface area contributed by atoms with E-state index in [0.29, 0.717) is 8.46 Å². The van der Waals surface area contributed by atoms with Crippen molar-refractivity contribution < 1.29 is 4.57 Å². The fraction of sp³-hybridized carbons (Fsp3) is 1.00. The van der Waals surface area contributed by atoms with Crippen molar-refractivity contribution in [1.82, 2.24) is 0 Å². The van der Waals surface area contributed by atoms with E-state index in [0.717, 1.165) is 11.8 Å². The highest BCUT2D eigenvalue weighted by Gasteiger charge is 2.46. The first-order chi connectivity index (χ1) is 10.8. The highest BCUT2D eigenvalue weighted by Crippen LogP contribution is 2.52. The Labute approximate surface area is 140 Å². The predicted octanol–water partition coefficient (Wildman–Crippen LogP) is 7.54. The zero-order valence-corrected chi connectivity index (χ0v) is 15.7. The van der Waals surface area contributed by atoms with Gasteiger partial charge in [-0.2, -0.15) is 0 Å². The minimum atomic E-state index is 0.146. The van der Waals surface area contributed by atoms with Crippen LogP contribution >= 0.6 is 8.46 Å². The Kier molecular flexibility index (Phi) is 8.44. The molecule has 0 bridgehead atoms. The van der Waals surface area contributed by atoms with Gasteiger partial charge in [0.05, 0.1) is 5.16 Å². The minimum absolute atomic E-state index is 0.146. The van der Waals surface area contributed by atoms with Crippen molar-refractivity contribution in [3.8, 4) is 0 Å². The SMILES string of the molecule is CCCCCCCC(P=O)(C1CCCCC1)C1CCCCC1. The van der Waals surface area contributed by atoms with Crippen LogP contribution in [0.5, 0.6) is 0 Å². The molecular weight excluding hydrogens is 287 g/mol. The molecule has 0 amide bonds. The molecule has 0 heterocycles. The molecule has 0 atom stereocenters. The smallest absolute Gasteiger partial charge is 0.162 e. The summed E-state index contributed by atoms with van der Waals surface area (Å²) in [7, 11) is 0.494. The van der Waals surface area contributed by atoms with Gasteiger partial charge in [-0.1, -0.05) is 77.6 Å². The number of unbranched alkanes of at least 4 members (excludes halogenated alkanes) is 4. The topological polar surface area (TPSA) is 17.1 Å². The van der Waals surface area contributed by atoms with Gasteiger partial charge in [-0.3, -0.25) is 4.57 Å². The summed E-state index contributed by atoms with van der Waals surface area (Å²) in [5, 5.41) is 0.146. The largest absolute Gasteiger partial charge is 0.274 e. The molecule has 0 radical (unpaired) electrons. The van der Waals surface area contributed by atoms with E-state index < -0.39 is 0 Å². The van der Waals surface area contributed by atoms with Crippen LogP contribution in [0, 0.1) is 11.8 Å². The van der Waals surface area contributed by atoms with Crippen LogP contribution in [0.3, 0.4) is 0 Å². The molecule has 0 aromatic heterocycles. The summed E-state index contributed by atoms with van der Waals surface area (Å²) >= 11 is 0. The van der Waals surface area contributed by atoms with Gasteiger partial charge >= 0.3 is 0 Å². The lowest BCUT2D eigenvalue weighted by Crippen LogP contribution is -2.42. The van der Waals surface area contributed by atoms with Crippen LogP contribution in [-0.2, 0) is 4.57 Å². The van der Waals surface area contributed by atoms with Crippen LogP contribution in [0.4, 0.5) is 0 Å². The van der Waals surface area contributed by atoms with Crippen LogP contribution in [0.15, 0.2) is 0 Å². The Hall–Kier alpha value is 0.100. The van der Waals surface area contributed by atoms with Crippen molar-refractivity contribution in [3.05, 3.63) is 0 Å². The monoisotopic (exact) mass is 324 g/mol. The van der Waals surface area contributed by atoms with Gasteiger partial charge in [-0.25, -0.2) is 0 Å². The van der Waals surface area contributed by atoms with Gasteiger partial charge in [0.2, 0.25) is 0 Å². The third kappa shape index (κ3) is 4.80. The normalized spacial score (nSPS) is 22.2. The molecule has 2 saturated carbocycles. The molecule has 22 heavy (non-hydrogen) atoms. The zero-order chi connectivity index (χ0) is 15.7. The molecule has 1 nitrogen and oxygen atoms in total. The fourth-order valence-electron chi connectivity index (χ4n) is 5.15. The number of hydrogen-bond donors (Lipinski definition) is 0. The van der Waals surface area contributed by atoms with Crippen molar-refractivity contribution in [3.63, 3.8) is 0 Å². The van der Waals surface area contributed by atoms with Gasteiger partial charge in [0, 0.05) is 0 Å². The lowest BCUT2D eigenvalue weighted by molar-refractivity contribution is 0.158. The summed E-state index contributed by atoms with van der Waals surface area (Å²) in [4.78, 5) is 0. The maximum Gasteiger partial charge on any atom is 0.162 e. The predicted molar refractivity (Wildman–Crippen MR) is 96.9 cm³/mol. The molecule has 0 aliphatic heterocycles. The molecule has 128 valence electrons. The lowest BCUT2D eigenvalue weighted by Gasteiger charge is -2.45. The van der Waals surface area contributed by atoms with Crippen LogP contribution in [0.25, 0.3) is 0 Å². The highest BCUT2D eigenvalue weighted by atomic mass is 31.1. The van der Waals surface area contributed by atoms with E-state index in [4.69, 9.17) is 0 Å². The Balaban J connectivity index is 2.01. The van der Waals surface area contributed by atoms with Gasteiger partial charge in [0.15, 0.2) is 8.46 Å². The highest BCUT2D eigenvalue weighted by molar-refractivity contribution is 7.26. The summed E-state index contributed by atoms with van der Waals surface area (Å²) in [6, 6.07) is 0. The maximum absolute atomic E-state index is 12.4. The molecule has 0 saturated heterocycles. The summed E-state index contributed by atoms with van der Waals surface area (Å²) in [5.74, 6) is 1.49. The first-order valence-electron chi connectivity index (χ1n) is 10.2. The van der Waals surface area contributed by atoms with E-state index in [1.165, 1.54) is 103 Å². The van der Waals surface area contributed by atoms with Crippen molar-refractivity contribution in [2.24, 2.45) is 11.8 Å². The first kappa shape index (κ1) is 18.4. The molecule has 0 aromatic rings. The van der Waals surface area contributed by atoms with E-state index in [9.17, 15) is 4.57 Å². The Bertz CT molecular complexity index is 285. The Morgan fingerprint density at radius 2 is 1.27 bits per heavy atom. The molecule has 2 aliphatic carbocycles. The van der Waals surface area contributed by atoms with Crippen molar-refractivity contribution in [2.75, 3.05) is 0 Å². The molecule has 2 aliphatic rings. The van der Waals surface area contributed by atoms with Crippen molar-refractivity contribution in [2.45, 2.75) is 115 Å². The molecule has 2 rings (SSSR count). The molecular formula is C20H37OP. The second-order valence-electron chi connectivity index (χ2n) is 7.92. The Morgan fingerprint density at radius 1 is 0.773 bits per heavy atom. The summed E-state index contributed by atoms with van der Waals surface area (Å²) < 4.78 is 12.4. The average molecular weight is 324 g/mol. The van der Waals surface area contributed by atoms with E-state index in [-0.39, 0.29) is 5.16 Å². The molecule has 2 heteroatoms. The van der Waals surface area contributed by atoms with Crippen LogP contribution < -0.4 is 0 Å². The van der Waals surface area contributed by atoms with E-state index >= 15 is 0 Å². The Morgan fingerprint density at radius 3 is 1.73 bits per heavy atom. The second kappa shape index (κ2) is 10.1. The molecule has 2 fully saturated rings. The van der Waals surface area contributed by atoms with Gasteiger partial charge in [-0.15, -0.1) is 0 Å². The van der Waals surface area contributed by atoms with Gasteiger partial charge in [0.1, 0.15) is 0 Å². The molecule has 0 N–H and O–H groups in total. The van der Waals surface area contributed by atoms with Crippen molar-refractivity contribution in [1.29, 1.82) is 0 Å². The number of rotatable bonds is 9. The van der Waals surface area contributed by atoms with E-state index in [2.05, 4.69) is 6.92 Å². The standard InChI is InChI=1S/C20H37OP/c1-2-3-4-5-12-17-20(22-21,18-13-8-6-9-14-18)19-15-10-7-11-16-19/h18-19H,2-17H2,1H3. The molecule has 0 aromatic carbocycles. The quantitative estimate of drug-likeness (QED) is 0.316. The van der Waals surface area contributed by atoms with Crippen molar-refractivity contribution >= 4 is 8.46 Å². The second-order valence-corrected chi connectivity index (χ2v) is 8.93. The summed E-state index contributed by atoms with van der Waals surface area (Å²) in [6.45, 7) is 2.28. The third-order valence-electron chi connectivity index (χ3n) is 6.48. The van der Waals surface area contributed by atoms with Crippen LogP contribution in [0.2, 0.25) is 0 Å². The van der Waals surface area contributed by atoms with Gasteiger partial charge < -0.3 is 0 Å². The van der Waals surface area contributed by atoms with Crippen LogP contribution in [0.1, 0.15) is 110 Å². The maximum atomic E-state index is 12.4. The molecule has 0 unspecified atom stereocenters. The third-order valence-corrected chi connectivity index (χ3v) is 7.77. The average Bonchev–Trinajstić information content (AvgIpc) is 2.60. The summed E-state index contributed by atoms with van der Waals surface area (Å²) in [6.07, 6.45) is 21.7. The van der Waals surface area contributed by atoms with Gasteiger partial charge in [-0.05, 0) is 43.9 Å². The molecule has 0 spiro atoms.